The van der Waals surface area contributed by atoms with Crippen LogP contribution in [0.4, 0.5) is 0 Å². The van der Waals surface area contributed by atoms with Gasteiger partial charge in [0.15, 0.2) is 0 Å². The van der Waals surface area contributed by atoms with Gasteiger partial charge >= 0.3 is 0 Å². The molecule has 1 N–H and O–H groups in total. The molecule has 0 spiro atoms. The molecule has 0 radical (unpaired) electrons. The molecule has 24 heavy (non-hydrogen) atoms. The maximum atomic E-state index is 12.5. The molecule has 0 saturated carbocycles. The second-order valence-electron chi connectivity index (χ2n) is 5.67. The second kappa shape index (κ2) is 7.51. The van der Waals surface area contributed by atoms with Gasteiger partial charge in [-0.15, -0.1) is 0 Å². The van der Waals surface area contributed by atoms with Crippen LogP contribution in [-0.2, 0) is 6.42 Å². The van der Waals surface area contributed by atoms with Gasteiger partial charge in [-0.1, -0.05) is 60.7 Å². The van der Waals surface area contributed by atoms with Gasteiger partial charge in [0.05, 0.1) is 17.9 Å². The highest BCUT2D eigenvalue weighted by Crippen LogP contribution is 2.18. The minimum absolute atomic E-state index is 0.121. The van der Waals surface area contributed by atoms with Gasteiger partial charge in [-0.05, 0) is 24.5 Å². The minimum atomic E-state index is -0.215. The number of nitrogens with one attached hydrogen (secondary N) is 1. The molecule has 0 saturated heterocycles. The third kappa shape index (κ3) is 4.04. The van der Waals surface area contributed by atoms with Crippen molar-refractivity contribution < 1.29 is 4.79 Å². The van der Waals surface area contributed by atoms with E-state index in [-0.39, 0.29) is 11.9 Å². The predicted molar refractivity (Wildman–Crippen MR) is 93.6 cm³/mol. The molecule has 1 aromatic heterocycles. The largest absolute Gasteiger partial charge is 0.344 e. The Bertz CT molecular complexity index is 786. The quantitative estimate of drug-likeness (QED) is 0.783. The zero-order chi connectivity index (χ0) is 16.8. The highest BCUT2D eigenvalue weighted by atomic mass is 16.1. The highest BCUT2D eigenvalue weighted by Gasteiger charge is 2.17. The molecule has 3 rings (SSSR count). The summed E-state index contributed by atoms with van der Waals surface area (Å²) in [6.45, 7) is 1.84. The first-order valence-electron chi connectivity index (χ1n) is 7.91. The zero-order valence-electron chi connectivity index (χ0n) is 13.5. The van der Waals surface area contributed by atoms with Gasteiger partial charge in [-0.25, -0.2) is 4.98 Å². The van der Waals surface area contributed by atoms with Crippen molar-refractivity contribution in [2.75, 3.05) is 0 Å². The maximum absolute atomic E-state index is 12.5. The van der Waals surface area contributed by atoms with Gasteiger partial charge in [0.25, 0.3) is 5.91 Å². The van der Waals surface area contributed by atoms with Crippen LogP contribution in [0, 0.1) is 6.92 Å². The number of amides is 1. The molecule has 0 aliphatic carbocycles. The van der Waals surface area contributed by atoms with Crippen LogP contribution < -0.4 is 5.32 Å². The first-order chi connectivity index (χ1) is 11.7. The molecule has 0 bridgehead atoms. The van der Waals surface area contributed by atoms with Crippen LogP contribution >= 0.6 is 0 Å². The van der Waals surface area contributed by atoms with E-state index in [1.165, 1.54) is 11.8 Å². The number of carbonyl (C=O) groups is 1. The van der Waals surface area contributed by atoms with Crippen LogP contribution in [0.1, 0.15) is 33.4 Å². The summed E-state index contributed by atoms with van der Waals surface area (Å²) in [5.41, 5.74) is 3.35. The molecule has 0 unspecified atom stereocenters. The maximum Gasteiger partial charge on any atom is 0.271 e. The average molecular weight is 317 g/mol. The molecule has 0 aliphatic rings. The van der Waals surface area contributed by atoms with E-state index in [1.54, 1.807) is 6.20 Å². The van der Waals surface area contributed by atoms with Crippen LogP contribution in [0.2, 0.25) is 0 Å². The molecule has 1 atom stereocenters. The van der Waals surface area contributed by atoms with Crippen LogP contribution in [0.3, 0.4) is 0 Å². The summed E-state index contributed by atoms with van der Waals surface area (Å²) in [5.74, 6) is -0.215. The Morgan fingerprint density at radius 1 is 0.958 bits per heavy atom. The summed E-state index contributed by atoms with van der Waals surface area (Å²) < 4.78 is 0. The van der Waals surface area contributed by atoms with Gasteiger partial charge in [-0.2, -0.15) is 0 Å². The molecule has 0 aliphatic heterocycles. The number of hydrogen-bond donors (Lipinski definition) is 1. The molecule has 0 fully saturated rings. The highest BCUT2D eigenvalue weighted by molar-refractivity contribution is 5.92. The number of aromatic nitrogens is 2. The molecular weight excluding hydrogens is 298 g/mol. The number of nitrogens with zero attached hydrogens (tertiary/aromatic N) is 2. The van der Waals surface area contributed by atoms with Crippen molar-refractivity contribution in [3.05, 3.63) is 95.6 Å². The van der Waals surface area contributed by atoms with Gasteiger partial charge < -0.3 is 5.32 Å². The number of benzene rings is 2. The van der Waals surface area contributed by atoms with E-state index in [0.717, 1.165) is 17.7 Å². The predicted octanol–water partition coefficient (Wildman–Crippen LogP) is 3.50. The van der Waals surface area contributed by atoms with E-state index in [4.69, 9.17) is 0 Å². The van der Waals surface area contributed by atoms with Crippen molar-refractivity contribution in [3.8, 4) is 0 Å². The van der Waals surface area contributed by atoms with E-state index in [0.29, 0.717) is 5.69 Å². The second-order valence-corrected chi connectivity index (χ2v) is 5.67. The van der Waals surface area contributed by atoms with Crippen molar-refractivity contribution in [2.24, 2.45) is 0 Å². The lowest BCUT2D eigenvalue weighted by molar-refractivity contribution is 0.0931. The Hall–Kier alpha value is -3.01. The van der Waals surface area contributed by atoms with E-state index in [2.05, 4.69) is 27.4 Å². The fourth-order valence-electron chi connectivity index (χ4n) is 2.53. The van der Waals surface area contributed by atoms with Crippen molar-refractivity contribution in [3.63, 3.8) is 0 Å². The standard InChI is InChI=1S/C20H19N3O/c1-15-13-22-19(14-21-15)20(24)23-18(17-10-6-3-7-11-17)12-16-8-4-2-5-9-16/h2-11,13-14,18H,12H2,1H3,(H,23,24)/t18-/m1/s1. The van der Waals surface area contributed by atoms with E-state index in [9.17, 15) is 4.79 Å². The van der Waals surface area contributed by atoms with Crippen molar-refractivity contribution in [1.29, 1.82) is 0 Å². The molecule has 3 aromatic rings. The lowest BCUT2D eigenvalue weighted by Gasteiger charge is -2.19. The van der Waals surface area contributed by atoms with E-state index < -0.39 is 0 Å². The summed E-state index contributed by atoms with van der Waals surface area (Å²) in [7, 11) is 0. The fraction of sp³-hybridized carbons (Fsp3) is 0.150. The molecule has 2 aromatic carbocycles. The van der Waals surface area contributed by atoms with Crippen LogP contribution in [-0.4, -0.2) is 15.9 Å². The third-order valence-corrected chi connectivity index (χ3v) is 3.80. The van der Waals surface area contributed by atoms with Gasteiger partial charge in [-0.3, -0.25) is 9.78 Å². The lowest BCUT2D eigenvalue weighted by atomic mass is 9.98. The molecule has 1 heterocycles. The molecule has 4 heteroatoms. The van der Waals surface area contributed by atoms with Gasteiger partial charge in [0.1, 0.15) is 5.69 Å². The number of carbonyl (C=O) groups excluding carboxylic acids is 1. The average Bonchev–Trinajstić information content (AvgIpc) is 2.63. The monoisotopic (exact) mass is 317 g/mol. The van der Waals surface area contributed by atoms with Crippen LogP contribution in [0.5, 0.6) is 0 Å². The number of rotatable bonds is 5. The fourth-order valence-corrected chi connectivity index (χ4v) is 2.53. The van der Waals surface area contributed by atoms with Crippen molar-refractivity contribution >= 4 is 5.91 Å². The summed E-state index contributed by atoms with van der Waals surface area (Å²) in [6, 6.07) is 20.0. The Balaban J connectivity index is 1.82. The number of hydrogen-bond acceptors (Lipinski definition) is 3. The molecule has 1 amide bonds. The van der Waals surface area contributed by atoms with Crippen LogP contribution in [0.15, 0.2) is 73.1 Å². The summed E-state index contributed by atoms with van der Waals surface area (Å²) in [5, 5.41) is 3.08. The number of aryl methyl sites for hydroxylation is 1. The SMILES string of the molecule is Cc1cnc(C(=O)N[C@H](Cc2ccccc2)c2ccccc2)cn1. The van der Waals surface area contributed by atoms with Gasteiger partial charge in [0, 0.05) is 6.20 Å². The molecule has 120 valence electrons. The Kier molecular flexibility index (Phi) is 4.96. The summed E-state index contributed by atoms with van der Waals surface area (Å²) >= 11 is 0. The molecule has 4 nitrogen and oxygen atoms in total. The Morgan fingerprint density at radius 3 is 2.25 bits per heavy atom. The van der Waals surface area contributed by atoms with Crippen LogP contribution in [0.25, 0.3) is 0 Å². The smallest absolute Gasteiger partial charge is 0.271 e. The normalized spacial score (nSPS) is 11.7. The first kappa shape index (κ1) is 15.9. The third-order valence-electron chi connectivity index (χ3n) is 3.80. The van der Waals surface area contributed by atoms with Crippen molar-refractivity contribution in [1.82, 2.24) is 15.3 Å². The minimum Gasteiger partial charge on any atom is -0.344 e. The lowest BCUT2D eigenvalue weighted by Crippen LogP contribution is -2.30. The van der Waals surface area contributed by atoms with Gasteiger partial charge in [0.2, 0.25) is 0 Å². The Labute approximate surface area is 141 Å². The summed E-state index contributed by atoms with van der Waals surface area (Å²) in [6.07, 6.45) is 3.83. The van der Waals surface area contributed by atoms with E-state index in [1.807, 2.05) is 55.5 Å². The topological polar surface area (TPSA) is 54.9 Å². The molecular formula is C20H19N3O. The zero-order valence-corrected chi connectivity index (χ0v) is 13.5. The van der Waals surface area contributed by atoms with Crippen molar-refractivity contribution in [2.45, 2.75) is 19.4 Å². The first-order valence-corrected chi connectivity index (χ1v) is 7.91. The van der Waals surface area contributed by atoms with E-state index >= 15 is 0 Å². The summed E-state index contributed by atoms with van der Waals surface area (Å²) in [4.78, 5) is 20.8. The Morgan fingerprint density at radius 2 is 1.62 bits per heavy atom.